The van der Waals surface area contributed by atoms with Crippen LogP contribution in [0, 0.1) is 12.8 Å². The molecule has 2 atom stereocenters. The summed E-state index contributed by atoms with van der Waals surface area (Å²) in [5, 5.41) is 0.563. The number of nitrogens with zero attached hydrogens (tertiary/aromatic N) is 1. The minimum Gasteiger partial charge on any atom is -0.454 e. The van der Waals surface area contributed by atoms with Gasteiger partial charge in [0, 0.05) is 29.2 Å². The molecule has 1 amide bonds. The summed E-state index contributed by atoms with van der Waals surface area (Å²) in [5.41, 5.74) is 1.96. The lowest BCUT2D eigenvalue weighted by Crippen LogP contribution is -2.30. The van der Waals surface area contributed by atoms with Gasteiger partial charge in [-0.25, -0.2) is 0 Å². The third kappa shape index (κ3) is 4.03. The first-order chi connectivity index (χ1) is 12.9. The Kier molecular flexibility index (Phi) is 5.61. The summed E-state index contributed by atoms with van der Waals surface area (Å²) >= 11 is 6.13. The first-order valence-corrected chi connectivity index (χ1v) is 9.11. The van der Waals surface area contributed by atoms with E-state index in [9.17, 15) is 14.4 Å². The van der Waals surface area contributed by atoms with Crippen LogP contribution in [-0.4, -0.2) is 30.3 Å². The molecule has 1 saturated heterocycles. The molecule has 140 valence electrons. The van der Waals surface area contributed by atoms with Gasteiger partial charge in [-0.3, -0.25) is 14.4 Å². The highest BCUT2D eigenvalue weighted by atomic mass is 35.5. The van der Waals surface area contributed by atoms with Crippen molar-refractivity contribution in [2.75, 3.05) is 11.4 Å². The van der Waals surface area contributed by atoms with Crippen LogP contribution in [0.2, 0.25) is 5.02 Å². The zero-order chi connectivity index (χ0) is 19.6. The van der Waals surface area contributed by atoms with E-state index in [4.69, 9.17) is 16.3 Å². The molecule has 1 aliphatic rings. The van der Waals surface area contributed by atoms with Crippen molar-refractivity contribution < 1.29 is 19.1 Å². The van der Waals surface area contributed by atoms with Crippen LogP contribution in [0.1, 0.15) is 29.3 Å². The van der Waals surface area contributed by atoms with E-state index in [1.54, 1.807) is 54.3 Å². The van der Waals surface area contributed by atoms with E-state index in [0.29, 0.717) is 16.3 Å². The number of carbonyl (C=O) groups excluding carboxylic acids is 3. The van der Waals surface area contributed by atoms with Crippen molar-refractivity contribution in [3.63, 3.8) is 0 Å². The number of anilines is 1. The number of benzene rings is 2. The summed E-state index contributed by atoms with van der Waals surface area (Å²) in [6, 6.07) is 14.0. The summed E-state index contributed by atoms with van der Waals surface area (Å²) in [6.07, 6.45) is -0.853. The number of hydrogen-bond acceptors (Lipinski definition) is 4. The van der Waals surface area contributed by atoms with Gasteiger partial charge in [0.05, 0.1) is 5.92 Å². The largest absolute Gasteiger partial charge is 0.454 e. The third-order valence-corrected chi connectivity index (χ3v) is 5.12. The molecule has 2 aromatic carbocycles. The molecule has 0 radical (unpaired) electrons. The number of amides is 1. The topological polar surface area (TPSA) is 63.7 Å². The highest BCUT2D eigenvalue weighted by Gasteiger charge is 2.38. The third-order valence-electron chi connectivity index (χ3n) is 4.71. The second-order valence-corrected chi connectivity index (χ2v) is 7.01. The molecule has 1 aliphatic heterocycles. The van der Waals surface area contributed by atoms with Gasteiger partial charge in [-0.1, -0.05) is 48.0 Å². The fraction of sp³-hybridized carbons (Fsp3) is 0.286. The van der Waals surface area contributed by atoms with Crippen molar-refractivity contribution in [1.29, 1.82) is 0 Å². The molecule has 27 heavy (non-hydrogen) atoms. The van der Waals surface area contributed by atoms with Crippen molar-refractivity contribution in [1.82, 2.24) is 0 Å². The average molecular weight is 386 g/mol. The minimum absolute atomic E-state index is 0.0526. The summed E-state index contributed by atoms with van der Waals surface area (Å²) in [7, 11) is 0. The Bertz CT molecular complexity index is 881. The van der Waals surface area contributed by atoms with E-state index in [1.807, 2.05) is 13.0 Å². The van der Waals surface area contributed by atoms with E-state index in [2.05, 4.69) is 0 Å². The van der Waals surface area contributed by atoms with Gasteiger partial charge in [0.25, 0.3) is 0 Å². The lowest BCUT2D eigenvalue weighted by atomic mass is 10.1. The molecule has 6 heteroatoms. The Morgan fingerprint density at radius 2 is 1.85 bits per heavy atom. The highest BCUT2D eigenvalue weighted by molar-refractivity contribution is 6.31. The molecule has 1 fully saturated rings. The summed E-state index contributed by atoms with van der Waals surface area (Å²) in [5.74, 6) is -1.58. The lowest BCUT2D eigenvalue weighted by Gasteiger charge is -2.20. The van der Waals surface area contributed by atoms with Crippen molar-refractivity contribution in [3.05, 3.63) is 64.7 Å². The Hall–Kier alpha value is -2.66. The molecule has 0 spiro atoms. The van der Waals surface area contributed by atoms with Crippen LogP contribution in [0.5, 0.6) is 0 Å². The van der Waals surface area contributed by atoms with E-state index in [1.165, 1.54) is 0 Å². The zero-order valence-electron chi connectivity index (χ0n) is 15.1. The molecule has 0 saturated carbocycles. The molecule has 5 nitrogen and oxygen atoms in total. The Balaban J connectivity index is 1.67. The second-order valence-electron chi connectivity index (χ2n) is 6.60. The average Bonchev–Trinajstić information content (AvgIpc) is 3.05. The molecule has 0 N–H and O–H groups in total. The van der Waals surface area contributed by atoms with E-state index >= 15 is 0 Å². The number of hydrogen-bond donors (Lipinski definition) is 0. The zero-order valence-corrected chi connectivity index (χ0v) is 15.9. The Morgan fingerprint density at radius 1 is 1.15 bits per heavy atom. The predicted octanol–water partition coefficient (Wildman–Crippen LogP) is 3.82. The fourth-order valence-corrected chi connectivity index (χ4v) is 3.32. The van der Waals surface area contributed by atoms with Crippen molar-refractivity contribution in [2.24, 2.45) is 5.92 Å². The predicted molar refractivity (Wildman–Crippen MR) is 103 cm³/mol. The lowest BCUT2D eigenvalue weighted by molar-refractivity contribution is -0.151. The molecule has 1 heterocycles. The van der Waals surface area contributed by atoms with Crippen LogP contribution in [0.4, 0.5) is 5.69 Å². The number of halogens is 1. The second kappa shape index (κ2) is 7.92. The normalized spacial score (nSPS) is 17.7. The van der Waals surface area contributed by atoms with Gasteiger partial charge in [-0.05, 0) is 31.5 Å². The summed E-state index contributed by atoms with van der Waals surface area (Å²) < 4.78 is 5.34. The molecule has 0 bridgehead atoms. The van der Waals surface area contributed by atoms with Gasteiger partial charge in [-0.2, -0.15) is 0 Å². The Labute approximate surface area is 162 Å². The van der Waals surface area contributed by atoms with E-state index in [0.717, 1.165) is 5.56 Å². The molecular weight excluding hydrogens is 366 g/mol. The first-order valence-electron chi connectivity index (χ1n) is 8.73. The first kappa shape index (κ1) is 19.1. The highest BCUT2D eigenvalue weighted by Crippen LogP contribution is 2.32. The number of carbonyl (C=O) groups is 3. The summed E-state index contributed by atoms with van der Waals surface area (Å²) in [4.78, 5) is 38.8. The van der Waals surface area contributed by atoms with Crippen LogP contribution in [-0.2, 0) is 14.3 Å². The van der Waals surface area contributed by atoms with Gasteiger partial charge in [0.2, 0.25) is 11.7 Å². The van der Waals surface area contributed by atoms with Gasteiger partial charge in [0.1, 0.15) is 0 Å². The smallest absolute Gasteiger partial charge is 0.312 e. The maximum absolute atomic E-state index is 12.5. The maximum Gasteiger partial charge on any atom is 0.312 e. The SMILES string of the molecule is Cc1c(Cl)cccc1N1C[C@@H](C(=O)O[C@@H](C)C(=O)c2ccccc2)CC1=O. The Morgan fingerprint density at radius 3 is 2.56 bits per heavy atom. The van der Waals surface area contributed by atoms with Crippen LogP contribution >= 0.6 is 11.6 Å². The minimum atomic E-state index is -0.906. The van der Waals surface area contributed by atoms with E-state index < -0.39 is 18.0 Å². The molecular formula is C21H20ClNO4. The number of Topliss-reactive ketones (excluding diaryl/α,β-unsaturated/α-hetero) is 1. The van der Waals surface area contributed by atoms with Crippen LogP contribution < -0.4 is 4.90 Å². The van der Waals surface area contributed by atoms with Crippen LogP contribution in [0.15, 0.2) is 48.5 Å². The van der Waals surface area contributed by atoms with Crippen molar-refractivity contribution in [2.45, 2.75) is 26.4 Å². The van der Waals surface area contributed by atoms with Gasteiger partial charge in [0.15, 0.2) is 6.10 Å². The molecule has 2 aromatic rings. The molecule has 0 aliphatic carbocycles. The monoisotopic (exact) mass is 385 g/mol. The number of esters is 1. The molecule has 0 unspecified atom stereocenters. The van der Waals surface area contributed by atoms with Crippen LogP contribution in [0.3, 0.4) is 0 Å². The number of ether oxygens (including phenoxy) is 1. The standard InChI is InChI=1S/C21H20ClNO4/c1-13-17(22)9-6-10-18(13)23-12-16(11-19(23)24)21(26)27-14(2)20(25)15-7-4-3-5-8-15/h3-10,14,16H,11-12H2,1-2H3/t14-,16-/m0/s1. The number of ketones is 1. The molecule has 3 rings (SSSR count). The molecule has 0 aromatic heterocycles. The number of rotatable bonds is 5. The fourth-order valence-electron chi connectivity index (χ4n) is 3.15. The van der Waals surface area contributed by atoms with Crippen molar-refractivity contribution >= 4 is 34.9 Å². The quantitative estimate of drug-likeness (QED) is 0.579. The van der Waals surface area contributed by atoms with Gasteiger partial charge >= 0.3 is 5.97 Å². The summed E-state index contributed by atoms with van der Waals surface area (Å²) in [6.45, 7) is 3.59. The van der Waals surface area contributed by atoms with Gasteiger partial charge < -0.3 is 9.64 Å². The van der Waals surface area contributed by atoms with E-state index in [-0.39, 0.29) is 24.7 Å². The maximum atomic E-state index is 12.5. The van der Waals surface area contributed by atoms with Crippen LogP contribution in [0.25, 0.3) is 0 Å². The van der Waals surface area contributed by atoms with Crippen molar-refractivity contribution in [3.8, 4) is 0 Å². The van der Waals surface area contributed by atoms with Gasteiger partial charge in [-0.15, -0.1) is 0 Å².